The maximum atomic E-state index is 5.48. The number of hydrogen-bond acceptors (Lipinski definition) is 3. The fourth-order valence-corrected chi connectivity index (χ4v) is 1.56. The fraction of sp³-hybridized carbons (Fsp3) is 0.900. The van der Waals surface area contributed by atoms with Gasteiger partial charge in [0.25, 0.3) is 0 Å². The summed E-state index contributed by atoms with van der Waals surface area (Å²) in [5.74, 6) is 0. The van der Waals surface area contributed by atoms with E-state index in [-0.39, 0.29) is 6.10 Å². The van der Waals surface area contributed by atoms with E-state index in [1.807, 2.05) is 6.92 Å². The van der Waals surface area contributed by atoms with Gasteiger partial charge in [-0.3, -0.25) is 0 Å². The van der Waals surface area contributed by atoms with Crippen molar-refractivity contribution in [3.63, 3.8) is 0 Å². The molecule has 0 amide bonds. The number of thiocarbonyl (C=S) groups is 1. The van der Waals surface area contributed by atoms with Crippen molar-refractivity contribution in [3.05, 3.63) is 0 Å². The van der Waals surface area contributed by atoms with E-state index < -0.39 is 0 Å². The Balaban J connectivity index is 2.02. The average molecular weight is 232 g/mol. The summed E-state index contributed by atoms with van der Waals surface area (Å²) in [5, 5.41) is 6.92. The predicted octanol–water partition coefficient (Wildman–Crippen LogP) is 0.664. The first-order valence-electron chi connectivity index (χ1n) is 5.38. The highest BCUT2D eigenvalue weighted by atomic mass is 32.1. The summed E-state index contributed by atoms with van der Waals surface area (Å²) >= 11 is 5.12. The van der Waals surface area contributed by atoms with Crippen molar-refractivity contribution in [2.75, 3.05) is 26.8 Å². The Kier molecular flexibility index (Phi) is 5.90. The van der Waals surface area contributed by atoms with E-state index in [0.717, 1.165) is 32.5 Å². The van der Waals surface area contributed by atoms with E-state index in [4.69, 9.17) is 21.7 Å². The van der Waals surface area contributed by atoms with Gasteiger partial charge in [-0.25, -0.2) is 0 Å². The van der Waals surface area contributed by atoms with Gasteiger partial charge in [0.1, 0.15) is 0 Å². The Labute approximate surface area is 96.7 Å². The molecule has 1 aliphatic heterocycles. The van der Waals surface area contributed by atoms with Gasteiger partial charge in [0.05, 0.1) is 12.2 Å². The minimum Gasteiger partial charge on any atom is -0.380 e. The van der Waals surface area contributed by atoms with Crippen LogP contribution in [-0.2, 0) is 9.47 Å². The summed E-state index contributed by atoms with van der Waals surface area (Å²) in [6.07, 6.45) is 2.79. The van der Waals surface area contributed by atoms with E-state index in [1.54, 1.807) is 7.11 Å². The first kappa shape index (κ1) is 12.7. The van der Waals surface area contributed by atoms with E-state index in [0.29, 0.717) is 11.2 Å². The minimum atomic E-state index is 0.174. The van der Waals surface area contributed by atoms with Gasteiger partial charge in [0, 0.05) is 26.8 Å². The highest BCUT2D eigenvalue weighted by Crippen LogP contribution is 2.10. The molecule has 0 aromatic heterocycles. The summed E-state index contributed by atoms with van der Waals surface area (Å²) in [7, 11) is 1.69. The second-order valence-corrected chi connectivity index (χ2v) is 4.18. The monoisotopic (exact) mass is 232 g/mol. The zero-order chi connectivity index (χ0) is 11.1. The van der Waals surface area contributed by atoms with Gasteiger partial charge < -0.3 is 20.1 Å². The van der Waals surface area contributed by atoms with Gasteiger partial charge >= 0.3 is 0 Å². The number of ether oxygens (including phenoxy) is 2. The molecule has 1 aliphatic rings. The van der Waals surface area contributed by atoms with Crippen molar-refractivity contribution in [1.82, 2.24) is 10.6 Å². The molecular weight excluding hydrogens is 212 g/mol. The van der Waals surface area contributed by atoms with Gasteiger partial charge in [0.2, 0.25) is 0 Å². The first-order chi connectivity index (χ1) is 7.22. The topological polar surface area (TPSA) is 42.5 Å². The van der Waals surface area contributed by atoms with Crippen LogP contribution in [0.1, 0.15) is 19.8 Å². The second kappa shape index (κ2) is 6.98. The van der Waals surface area contributed by atoms with Gasteiger partial charge in [-0.15, -0.1) is 0 Å². The molecular formula is C10H20N2O2S. The molecule has 1 rings (SSSR count). The smallest absolute Gasteiger partial charge is 0.166 e. The third-order valence-corrected chi connectivity index (χ3v) is 2.76. The van der Waals surface area contributed by atoms with Crippen LogP contribution in [0, 0.1) is 0 Å². The van der Waals surface area contributed by atoms with Crippen LogP contribution in [0.5, 0.6) is 0 Å². The molecule has 0 bridgehead atoms. The summed E-state index contributed by atoms with van der Waals surface area (Å²) in [6.45, 7) is 4.41. The Morgan fingerprint density at radius 2 is 2.40 bits per heavy atom. The Bertz CT molecular complexity index is 196. The number of methoxy groups -OCH3 is 1. The zero-order valence-corrected chi connectivity index (χ0v) is 10.2. The van der Waals surface area contributed by atoms with Gasteiger partial charge in [0.15, 0.2) is 5.11 Å². The zero-order valence-electron chi connectivity index (χ0n) is 9.41. The summed E-state index contributed by atoms with van der Waals surface area (Å²) < 4.78 is 10.6. The van der Waals surface area contributed by atoms with E-state index in [1.165, 1.54) is 0 Å². The van der Waals surface area contributed by atoms with Crippen LogP contribution >= 0.6 is 12.2 Å². The maximum absolute atomic E-state index is 5.48. The molecule has 2 unspecified atom stereocenters. The molecule has 0 aromatic rings. The quantitative estimate of drug-likeness (QED) is 0.682. The molecule has 4 nitrogen and oxygen atoms in total. The van der Waals surface area contributed by atoms with E-state index >= 15 is 0 Å². The van der Waals surface area contributed by atoms with Gasteiger partial charge in [-0.05, 0) is 32.0 Å². The molecule has 1 heterocycles. The van der Waals surface area contributed by atoms with E-state index in [2.05, 4.69) is 10.6 Å². The highest BCUT2D eigenvalue weighted by Gasteiger charge is 2.15. The molecule has 88 valence electrons. The molecule has 0 saturated carbocycles. The van der Waals surface area contributed by atoms with Crippen LogP contribution in [0.2, 0.25) is 0 Å². The highest BCUT2D eigenvalue weighted by molar-refractivity contribution is 7.80. The normalized spacial score (nSPS) is 22.4. The molecule has 2 N–H and O–H groups in total. The summed E-state index contributed by atoms with van der Waals surface area (Å²) in [5.41, 5.74) is 0. The Morgan fingerprint density at radius 3 is 3.00 bits per heavy atom. The van der Waals surface area contributed by atoms with Crippen molar-refractivity contribution in [3.8, 4) is 0 Å². The van der Waals surface area contributed by atoms with Crippen LogP contribution < -0.4 is 10.6 Å². The molecule has 0 aliphatic carbocycles. The van der Waals surface area contributed by atoms with Crippen LogP contribution in [0.25, 0.3) is 0 Å². The molecule has 1 saturated heterocycles. The SMILES string of the molecule is COC(C)CNC(=S)NCC1CCCO1. The average Bonchev–Trinajstić information content (AvgIpc) is 2.75. The van der Waals surface area contributed by atoms with Gasteiger partial charge in [-0.1, -0.05) is 0 Å². The van der Waals surface area contributed by atoms with Crippen LogP contribution in [0.4, 0.5) is 0 Å². The van der Waals surface area contributed by atoms with Crippen LogP contribution in [0.15, 0.2) is 0 Å². The van der Waals surface area contributed by atoms with Crippen molar-refractivity contribution < 1.29 is 9.47 Å². The lowest BCUT2D eigenvalue weighted by atomic mass is 10.2. The Morgan fingerprint density at radius 1 is 1.60 bits per heavy atom. The largest absolute Gasteiger partial charge is 0.380 e. The number of nitrogens with one attached hydrogen (secondary N) is 2. The van der Waals surface area contributed by atoms with Gasteiger partial charge in [-0.2, -0.15) is 0 Å². The number of hydrogen-bond donors (Lipinski definition) is 2. The standard InChI is InChI=1S/C10H20N2O2S/c1-8(13-2)6-11-10(15)12-7-9-4-3-5-14-9/h8-9H,3-7H2,1-2H3,(H2,11,12,15). The lowest BCUT2D eigenvalue weighted by Crippen LogP contribution is -2.42. The van der Waals surface area contributed by atoms with Crippen molar-refractivity contribution in [2.45, 2.75) is 32.0 Å². The predicted molar refractivity (Wildman–Crippen MR) is 64.0 cm³/mol. The summed E-state index contributed by atoms with van der Waals surface area (Å²) in [6, 6.07) is 0. The molecule has 0 aromatic carbocycles. The third kappa shape index (κ3) is 5.30. The van der Waals surface area contributed by atoms with Crippen molar-refractivity contribution in [1.29, 1.82) is 0 Å². The molecule has 15 heavy (non-hydrogen) atoms. The molecule has 2 atom stereocenters. The van der Waals surface area contributed by atoms with Crippen molar-refractivity contribution >= 4 is 17.3 Å². The molecule has 0 spiro atoms. The molecule has 0 radical (unpaired) electrons. The number of rotatable bonds is 5. The first-order valence-corrected chi connectivity index (χ1v) is 5.79. The third-order valence-electron chi connectivity index (χ3n) is 2.47. The van der Waals surface area contributed by atoms with Crippen molar-refractivity contribution in [2.24, 2.45) is 0 Å². The minimum absolute atomic E-state index is 0.174. The lowest BCUT2D eigenvalue weighted by molar-refractivity contribution is 0.113. The molecule has 5 heteroatoms. The lowest BCUT2D eigenvalue weighted by Gasteiger charge is -2.16. The summed E-state index contributed by atoms with van der Waals surface area (Å²) in [4.78, 5) is 0. The fourth-order valence-electron chi connectivity index (χ4n) is 1.39. The maximum Gasteiger partial charge on any atom is 0.166 e. The second-order valence-electron chi connectivity index (χ2n) is 3.77. The molecule has 1 fully saturated rings. The van der Waals surface area contributed by atoms with E-state index in [9.17, 15) is 0 Å². The Hall–Kier alpha value is -0.390. The van der Waals surface area contributed by atoms with Crippen LogP contribution in [0.3, 0.4) is 0 Å². The van der Waals surface area contributed by atoms with Crippen LogP contribution in [-0.4, -0.2) is 44.1 Å².